The molecule has 1 heterocycles. The summed E-state index contributed by atoms with van der Waals surface area (Å²) in [6.45, 7) is 1.91. The predicted molar refractivity (Wildman–Crippen MR) is 50.0 cm³/mol. The zero-order chi connectivity index (χ0) is 9.47. The summed E-state index contributed by atoms with van der Waals surface area (Å²) in [7, 11) is 0. The maximum atomic E-state index is 11.1. The second-order valence-electron chi connectivity index (χ2n) is 3.48. The number of hydrogen-bond acceptors (Lipinski definition) is 3. The Kier molecular flexibility index (Phi) is 1.87. The summed E-state index contributed by atoms with van der Waals surface area (Å²) in [5.74, 6) is -0.692. The fourth-order valence-electron chi connectivity index (χ4n) is 1.68. The number of carboxylic acids is 1. The van der Waals surface area contributed by atoms with E-state index in [0.717, 1.165) is 29.1 Å². The third-order valence-corrected chi connectivity index (χ3v) is 3.83. The van der Waals surface area contributed by atoms with Crippen LogP contribution in [0.5, 0.6) is 0 Å². The van der Waals surface area contributed by atoms with E-state index in [1.165, 1.54) is 11.3 Å². The molecular weight excluding hydrogens is 186 g/mol. The number of hydrogen-bond donors (Lipinski definition) is 1. The largest absolute Gasteiger partial charge is 0.481 e. The first-order chi connectivity index (χ1) is 6.15. The van der Waals surface area contributed by atoms with Crippen molar-refractivity contribution in [2.24, 2.45) is 0 Å². The number of nitrogens with zero attached hydrogens (tertiary/aromatic N) is 1. The van der Waals surface area contributed by atoms with Crippen molar-refractivity contribution in [2.45, 2.75) is 31.6 Å². The monoisotopic (exact) mass is 197 g/mol. The number of aliphatic carboxylic acids is 1. The van der Waals surface area contributed by atoms with Gasteiger partial charge in [-0.2, -0.15) is 0 Å². The van der Waals surface area contributed by atoms with Gasteiger partial charge in [-0.25, -0.2) is 4.98 Å². The van der Waals surface area contributed by atoms with Gasteiger partial charge in [0.15, 0.2) is 0 Å². The van der Waals surface area contributed by atoms with E-state index < -0.39 is 11.4 Å². The number of rotatable bonds is 2. The molecule has 0 aliphatic heterocycles. The highest BCUT2D eigenvalue weighted by Gasteiger charge is 2.47. The highest BCUT2D eigenvalue weighted by atomic mass is 32.1. The van der Waals surface area contributed by atoms with Crippen LogP contribution in [0.2, 0.25) is 0 Å². The Bertz CT molecular complexity index is 341. The number of carboxylic acid groups (broad SMARTS) is 1. The Morgan fingerprint density at radius 3 is 2.69 bits per heavy atom. The molecule has 4 heteroatoms. The number of aromatic nitrogens is 1. The van der Waals surface area contributed by atoms with Gasteiger partial charge in [-0.05, 0) is 19.8 Å². The first-order valence-corrected chi connectivity index (χ1v) is 5.13. The molecule has 0 bridgehead atoms. The van der Waals surface area contributed by atoms with Gasteiger partial charge in [-0.3, -0.25) is 4.79 Å². The lowest BCUT2D eigenvalue weighted by atomic mass is 9.68. The lowest BCUT2D eigenvalue weighted by Crippen LogP contribution is -2.41. The second-order valence-corrected chi connectivity index (χ2v) is 4.72. The van der Waals surface area contributed by atoms with Crippen molar-refractivity contribution in [2.75, 3.05) is 0 Å². The predicted octanol–water partition coefficient (Wildman–Crippen LogP) is 1.96. The van der Waals surface area contributed by atoms with Gasteiger partial charge in [-0.15, -0.1) is 11.3 Å². The SMILES string of the molecule is Cc1ncc(C2(C(=O)O)CCC2)s1. The van der Waals surface area contributed by atoms with Crippen molar-refractivity contribution < 1.29 is 9.90 Å². The topological polar surface area (TPSA) is 50.2 Å². The van der Waals surface area contributed by atoms with Crippen molar-refractivity contribution in [3.63, 3.8) is 0 Å². The molecule has 0 aromatic carbocycles. The molecule has 70 valence electrons. The molecule has 0 radical (unpaired) electrons. The van der Waals surface area contributed by atoms with Crippen LogP contribution in [0.3, 0.4) is 0 Å². The van der Waals surface area contributed by atoms with Crippen LogP contribution in [0.4, 0.5) is 0 Å². The van der Waals surface area contributed by atoms with E-state index in [4.69, 9.17) is 5.11 Å². The summed E-state index contributed by atoms with van der Waals surface area (Å²) in [5, 5.41) is 10.1. The van der Waals surface area contributed by atoms with Gasteiger partial charge in [0.05, 0.1) is 5.01 Å². The van der Waals surface area contributed by atoms with Gasteiger partial charge in [0.25, 0.3) is 0 Å². The lowest BCUT2D eigenvalue weighted by Gasteiger charge is -2.36. The van der Waals surface area contributed by atoms with Crippen LogP contribution in [0.1, 0.15) is 29.1 Å². The minimum atomic E-state index is -0.692. The molecule has 0 atom stereocenters. The van der Waals surface area contributed by atoms with E-state index in [1.807, 2.05) is 6.92 Å². The third-order valence-electron chi connectivity index (χ3n) is 2.71. The van der Waals surface area contributed by atoms with E-state index in [0.29, 0.717) is 0 Å². The highest BCUT2D eigenvalue weighted by molar-refractivity contribution is 7.11. The molecule has 0 amide bonds. The highest BCUT2D eigenvalue weighted by Crippen LogP contribution is 2.45. The van der Waals surface area contributed by atoms with Crippen molar-refractivity contribution in [3.05, 3.63) is 16.1 Å². The molecule has 1 N–H and O–H groups in total. The number of aryl methyl sites for hydroxylation is 1. The summed E-state index contributed by atoms with van der Waals surface area (Å²) in [4.78, 5) is 16.1. The first kappa shape index (κ1) is 8.69. The van der Waals surface area contributed by atoms with Crippen LogP contribution in [0.25, 0.3) is 0 Å². The molecule has 1 aromatic rings. The molecule has 13 heavy (non-hydrogen) atoms. The summed E-state index contributed by atoms with van der Waals surface area (Å²) in [6.07, 6.45) is 4.27. The van der Waals surface area contributed by atoms with Crippen molar-refractivity contribution in [1.82, 2.24) is 4.98 Å². The Morgan fingerprint density at radius 2 is 2.38 bits per heavy atom. The van der Waals surface area contributed by atoms with Crippen molar-refractivity contribution in [1.29, 1.82) is 0 Å². The van der Waals surface area contributed by atoms with Crippen molar-refractivity contribution in [3.8, 4) is 0 Å². The van der Waals surface area contributed by atoms with Crippen molar-refractivity contribution >= 4 is 17.3 Å². The maximum Gasteiger partial charge on any atom is 0.315 e. The minimum absolute atomic E-state index is 0.591. The van der Waals surface area contributed by atoms with E-state index >= 15 is 0 Å². The van der Waals surface area contributed by atoms with Crippen LogP contribution >= 0.6 is 11.3 Å². The van der Waals surface area contributed by atoms with E-state index in [9.17, 15) is 4.79 Å². The van der Waals surface area contributed by atoms with Gasteiger partial charge >= 0.3 is 5.97 Å². The summed E-state index contributed by atoms with van der Waals surface area (Å²) in [5.41, 5.74) is -0.591. The van der Waals surface area contributed by atoms with Gasteiger partial charge in [0.2, 0.25) is 0 Å². The number of thiazole rings is 1. The zero-order valence-corrected chi connectivity index (χ0v) is 8.23. The zero-order valence-electron chi connectivity index (χ0n) is 7.41. The van der Waals surface area contributed by atoms with E-state index in [2.05, 4.69) is 4.98 Å². The molecule has 0 saturated heterocycles. The number of carbonyl (C=O) groups is 1. The Balaban J connectivity index is 2.37. The molecule has 1 aromatic heterocycles. The van der Waals surface area contributed by atoms with Crippen LogP contribution in [0.15, 0.2) is 6.20 Å². The second kappa shape index (κ2) is 2.80. The molecule has 2 rings (SSSR count). The summed E-state index contributed by atoms with van der Waals surface area (Å²) < 4.78 is 0. The normalized spacial score (nSPS) is 19.5. The molecule has 1 fully saturated rings. The molecule has 3 nitrogen and oxygen atoms in total. The molecule has 1 aliphatic carbocycles. The van der Waals surface area contributed by atoms with Gasteiger partial charge < -0.3 is 5.11 Å². The quantitative estimate of drug-likeness (QED) is 0.788. The van der Waals surface area contributed by atoms with E-state index in [-0.39, 0.29) is 0 Å². The Labute approximate surface area is 80.4 Å². The first-order valence-electron chi connectivity index (χ1n) is 4.31. The average Bonchev–Trinajstić information content (AvgIpc) is 2.32. The minimum Gasteiger partial charge on any atom is -0.481 e. The van der Waals surface area contributed by atoms with Gasteiger partial charge in [0, 0.05) is 11.1 Å². The molecule has 0 unspecified atom stereocenters. The van der Waals surface area contributed by atoms with Crippen LogP contribution < -0.4 is 0 Å². The van der Waals surface area contributed by atoms with Crippen LogP contribution in [-0.4, -0.2) is 16.1 Å². The smallest absolute Gasteiger partial charge is 0.315 e. The molecule has 0 spiro atoms. The third kappa shape index (κ3) is 1.16. The maximum absolute atomic E-state index is 11.1. The Hall–Kier alpha value is -0.900. The lowest BCUT2D eigenvalue weighted by molar-refractivity contribution is -0.147. The summed E-state index contributed by atoms with van der Waals surface area (Å²) >= 11 is 1.51. The molecule has 1 aliphatic rings. The Morgan fingerprint density at radius 1 is 1.69 bits per heavy atom. The van der Waals surface area contributed by atoms with Gasteiger partial charge in [0.1, 0.15) is 5.41 Å². The van der Waals surface area contributed by atoms with Crippen LogP contribution in [-0.2, 0) is 10.2 Å². The fraction of sp³-hybridized carbons (Fsp3) is 0.556. The average molecular weight is 197 g/mol. The summed E-state index contributed by atoms with van der Waals surface area (Å²) in [6, 6.07) is 0. The van der Waals surface area contributed by atoms with Gasteiger partial charge in [-0.1, -0.05) is 6.42 Å². The fourth-order valence-corrected chi connectivity index (χ4v) is 2.69. The van der Waals surface area contributed by atoms with E-state index in [1.54, 1.807) is 6.20 Å². The van der Waals surface area contributed by atoms with Crippen LogP contribution in [0, 0.1) is 6.92 Å². The molecule has 1 saturated carbocycles. The standard InChI is InChI=1S/C9H11NO2S/c1-6-10-5-7(13-6)9(8(11)12)3-2-4-9/h5H,2-4H2,1H3,(H,11,12). The molecular formula is C9H11NO2S.